The summed E-state index contributed by atoms with van der Waals surface area (Å²) in [6.07, 6.45) is 4.34. The van der Waals surface area contributed by atoms with E-state index in [0.717, 1.165) is 47.6 Å². The molecule has 1 unspecified atom stereocenters. The Hall–Kier alpha value is -1.99. The lowest BCUT2D eigenvalue weighted by atomic mass is 9.88. The zero-order valence-corrected chi connectivity index (χ0v) is 15.3. The number of rotatable bonds is 7. The van der Waals surface area contributed by atoms with Crippen molar-refractivity contribution in [2.24, 2.45) is 0 Å². The van der Waals surface area contributed by atoms with Gasteiger partial charge in [-0.05, 0) is 55.0 Å². The van der Waals surface area contributed by atoms with Crippen LogP contribution in [0.4, 0.5) is 0 Å². The first-order valence-electron chi connectivity index (χ1n) is 8.33. The monoisotopic (exact) mass is 361 g/mol. The molecule has 0 bridgehead atoms. The lowest BCUT2D eigenvalue weighted by Gasteiger charge is -2.18. The molecule has 1 heterocycles. The number of nitrogens with zero attached hydrogens (tertiary/aromatic N) is 1. The molecule has 1 aliphatic rings. The molecule has 0 aliphatic heterocycles. The van der Waals surface area contributed by atoms with E-state index >= 15 is 0 Å². The average molecular weight is 361 g/mol. The van der Waals surface area contributed by atoms with Crippen LogP contribution in [0.3, 0.4) is 0 Å². The largest absolute Gasteiger partial charge is 0.497 e. The van der Waals surface area contributed by atoms with Crippen LogP contribution in [0.2, 0.25) is 0 Å². The van der Waals surface area contributed by atoms with E-state index in [4.69, 9.17) is 4.74 Å². The maximum atomic E-state index is 12.6. The molecule has 0 saturated carbocycles. The Morgan fingerprint density at radius 1 is 1.48 bits per heavy atom. The number of aliphatic hydroxyl groups is 1. The van der Waals surface area contributed by atoms with Crippen molar-refractivity contribution in [2.45, 2.75) is 25.3 Å². The second kappa shape index (κ2) is 7.93. The molecule has 134 valence electrons. The molecule has 0 fully saturated rings. The highest BCUT2D eigenvalue weighted by Crippen LogP contribution is 2.35. The molecule has 3 rings (SSSR count). The van der Waals surface area contributed by atoms with E-state index < -0.39 is 0 Å². The number of aliphatic hydroxyl groups excluding tert-OH is 1. The molecule has 7 heteroatoms. The first kappa shape index (κ1) is 17.8. The maximum Gasteiger partial charge on any atom is 0.269 e. The van der Waals surface area contributed by atoms with Gasteiger partial charge in [0.1, 0.15) is 11.4 Å². The zero-order valence-electron chi connectivity index (χ0n) is 14.5. The Kier molecular flexibility index (Phi) is 5.65. The van der Waals surface area contributed by atoms with Gasteiger partial charge in [-0.2, -0.15) is 16.9 Å². The number of thioether (sulfide) groups is 1. The number of H-pyrrole nitrogens is 1. The van der Waals surface area contributed by atoms with E-state index in [9.17, 15) is 9.90 Å². The van der Waals surface area contributed by atoms with Crippen LogP contribution in [0, 0.1) is 0 Å². The topological polar surface area (TPSA) is 87.2 Å². The number of hydrogen-bond acceptors (Lipinski definition) is 5. The van der Waals surface area contributed by atoms with Crippen molar-refractivity contribution in [2.75, 3.05) is 25.7 Å². The average Bonchev–Trinajstić information content (AvgIpc) is 3.08. The van der Waals surface area contributed by atoms with Gasteiger partial charge in [-0.15, -0.1) is 0 Å². The molecule has 2 aromatic rings. The van der Waals surface area contributed by atoms with Gasteiger partial charge in [0.15, 0.2) is 0 Å². The fourth-order valence-electron chi connectivity index (χ4n) is 3.14. The quantitative estimate of drug-likeness (QED) is 0.702. The molecule has 1 amide bonds. The summed E-state index contributed by atoms with van der Waals surface area (Å²) in [5, 5.41) is 19.6. The van der Waals surface area contributed by atoms with Gasteiger partial charge in [0.25, 0.3) is 5.91 Å². The standard InChI is InChI=1S/C18H23N3O3S/c1-24-13-4-6-14-11(9-13)3-5-15-16(14)20-21-17(15)18(23)19-12(10-22)7-8-25-2/h4,6,9,12,22H,3,5,7-8,10H2,1-2H3,(H,19,23)(H,20,21). The third-order valence-corrected chi connectivity index (χ3v) is 5.18. The van der Waals surface area contributed by atoms with Gasteiger partial charge in [0, 0.05) is 11.1 Å². The number of fused-ring (bicyclic) bond motifs is 3. The van der Waals surface area contributed by atoms with Gasteiger partial charge < -0.3 is 15.2 Å². The third kappa shape index (κ3) is 3.67. The molecule has 6 nitrogen and oxygen atoms in total. The Morgan fingerprint density at radius 2 is 2.32 bits per heavy atom. The summed E-state index contributed by atoms with van der Waals surface area (Å²) in [6, 6.07) is 5.69. The number of hydrogen-bond donors (Lipinski definition) is 3. The third-order valence-electron chi connectivity index (χ3n) is 4.53. The van der Waals surface area contributed by atoms with Crippen LogP contribution in [0.15, 0.2) is 18.2 Å². The summed E-state index contributed by atoms with van der Waals surface area (Å²) in [5.41, 5.74) is 4.49. The molecule has 1 aromatic carbocycles. The summed E-state index contributed by atoms with van der Waals surface area (Å²) in [4.78, 5) is 12.6. The van der Waals surface area contributed by atoms with E-state index in [1.54, 1.807) is 18.9 Å². The number of carbonyl (C=O) groups excluding carboxylic acids is 1. The fraction of sp³-hybridized carbons (Fsp3) is 0.444. The van der Waals surface area contributed by atoms with E-state index in [-0.39, 0.29) is 18.6 Å². The molecule has 3 N–H and O–H groups in total. The SMILES string of the molecule is COc1ccc2c(c1)CCc1c-2n[nH]c1C(=O)NC(CO)CCSC. The van der Waals surface area contributed by atoms with Crippen LogP contribution >= 0.6 is 11.8 Å². The minimum Gasteiger partial charge on any atom is -0.497 e. The van der Waals surface area contributed by atoms with Gasteiger partial charge in [-0.25, -0.2) is 0 Å². The molecule has 0 saturated heterocycles. The Balaban J connectivity index is 1.82. The summed E-state index contributed by atoms with van der Waals surface area (Å²) in [5.74, 6) is 1.52. The van der Waals surface area contributed by atoms with Crippen molar-refractivity contribution in [3.63, 3.8) is 0 Å². The number of amides is 1. The Labute approximate surface area is 151 Å². The van der Waals surface area contributed by atoms with Crippen molar-refractivity contribution < 1.29 is 14.6 Å². The Morgan fingerprint density at radius 3 is 3.04 bits per heavy atom. The lowest BCUT2D eigenvalue weighted by Crippen LogP contribution is -2.38. The molecule has 1 atom stereocenters. The number of carbonyl (C=O) groups is 1. The van der Waals surface area contributed by atoms with Gasteiger partial charge >= 0.3 is 0 Å². The normalized spacial score (nSPS) is 13.7. The predicted octanol–water partition coefficient (Wildman–Crippen LogP) is 2.03. The fourth-order valence-corrected chi connectivity index (χ4v) is 3.66. The van der Waals surface area contributed by atoms with E-state index in [0.29, 0.717) is 5.69 Å². The second-order valence-electron chi connectivity index (χ2n) is 6.08. The molecule has 0 spiro atoms. The number of methoxy groups -OCH3 is 1. The minimum absolute atomic E-state index is 0.0642. The first-order valence-corrected chi connectivity index (χ1v) is 9.72. The smallest absolute Gasteiger partial charge is 0.269 e. The van der Waals surface area contributed by atoms with Crippen molar-refractivity contribution in [1.29, 1.82) is 0 Å². The lowest BCUT2D eigenvalue weighted by molar-refractivity contribution is 0.0909. The summed E-state index contributed by atoms with van der Waals surface area (Å²) in [6.45, 7) is -0.0642. The molecule has 1 aromatic heterocycles. The number of nitrogens with one attached hydrogen (secondary N) is 2. The molecule has 25 heavy (non-hydrogen) atoms. The number of aryl methyl sites for hydroxylation is 1. The van der Waals surface area contributed by atoms with E-state index in [1.807, 2.05) is 24.5 Å². The van der Waals surface area contributed by atoms with Gasteiger partial charge in [-0.3, -0.25) is 9.89 Å². The van der Waals surface area contributed by atoms with Crippen molar-refractivity contribution in [1.82, 2.24) is 15.5 Å². The minimum atomic E-state index is -0.237. The van der Waals surface area contributed by atoms with Gasteiger partial charge in [0.2, 0.25) is 0 Å². The summed E-state index contributed by atoms with van der Waals surface area (Å²) in [7, 11) is 1.65. The maximum absolute atomic E-state index is 12.6. The first-order chi connectivity index (χ1) is 12.2. The van der Waals surface area contributed by atoms with Crippen LogP contribution in [-0.4, -0.2) is 53.0 Å². The molecular weight excluding hydrogens is 338 g/mol. The van der Waals surface area contributed by atoms with Crippen LogP contribution in [0.1, 0.15) is 28.0 Å². The zero-order chi connectivity index (χ0) is 17.8. The van der Waals surface area contributed by atoms with E-state index in [1.165, 1.54) is 5.56 Å². The van der Waals surface area contributed by atoms with Crippen molar-refractivity contribution in [3.05, 3.63) is 35.0 Å². The van der Waals surface area contributed by atoms with Crippen LogP contribution in [-0.2, 0) is 12.8 Å². The highest BCUT2D eigenvalue weighted by atomic mass is 32.2. The number of benzene rings is 1. The Bertz CT molecular complexity index is 760. The highest BCUT2D eigenvalue weighted by Gasteiger charge is 2.26. The van der Waals surface area contributed by atoms with Crippen molar-refractivity contribution in [3.8, 4) is 17.0 Å². The van der Waals surface area contributed by atoms with Gasteiger partial charge in [-0.1, -0.05) is 0 Å². The predicted molar refractivity (Wildman–Crippen MR) is 99.3 cm³/mol. The molecule has 0 radical (unpaired) electrons. The van der Waals surface area contributed by atoms with Crippen LogP contribution in [0.5, 0.6) is 5.75 Å². The molecule has 1 aliphatic carbocycles. The van der Waals surface area contributed by atoms with Crippen molar-refractivity contribution >= 4 is 17.7 Å². The number of aromatic nitrogens is 2. The number of aromatic amines is 1. The van der Waals surface area contributed by atoms with Gasteiger partial charge in [0.05, 0.1) is 25.5 Å². The highest BCUT2D eigenvalue weighted by molar-refractivity contribution is 7.98. The van der Waals surface area contributed by atoms with Crippen LogP contribution < -0.4 is 10.1 Å². The summed E-state index contributed by atoms with van der Waals surface area (Å²) < 4.78 is 5.28. The van der Waals surface area contributed by atoms with E-state index in [2.05, 4.69) is 15.5 Å². The molecular formula is C18H23N3O3S. The van der Waals surface area contributed by atoms with Crippen LogP contribution in [0.25, 0.3) is 11.3 Å². The second-order valence-corrected chi connectivity index (χ2v) is 7.07. The number of ether oxygens (including phenoxy) is 1. The summed E-state index contributed by atoms with van der Waals surface area (Å²) >= 11 is 1.70.